The number of hydrogen-bond acceptors (Lipinski definition) is 6. The molecule has 0 unspecified atom stereocenters. The van der Waals surface area contributed by atoms with Crippen molar-refractivity contribution in [2.45, 2.75) is 18.7 Å². The maximum Gasteiger partial charge on any atom is 0.240 e. The molecule has 0 aliphatic rings. The molecule has 2 N–H and O–H groups in total. The van der Waals surface area contributed by atoms with Crippen molar-refractivity contribution >= 4 is 27.4 Å². The van der Waals surface area contributed by atoms with Crippen molar-refractivity contribution in [3.63, 3.8) is 0 Å². The highest BCUT2D eigenvalue weighted by atomic mass is 35.5. The number of nitrogens with one attached hydrogen (secondary N) is 2. The minimum absolute atomic E-state index is 0.0971. The number of nitrogens with zero attached hydrogens (tertiary/aromatic N) is 4. The second-order valence-electron chi connectivity index (χ2n) is 5.95. The monoisotopic (exact) mass is 424 g/mol. The molecule has 28 heavy (non-hydrogen) atoms. The van der Waals surface area contributed by atoms with Crippen molar-refractivity contribution in [2.75, 3.05) is 18.4 Å². The standard InChI is InChI=1S/C17H18ClFN6O2S/c1-11-12(2)25(10-23-11)17-8-16(21-9-22-17)20-5-6-24-28(26,27)13-3-4-15(19)14(18)7-13/h3-4,7-10,24H,5-6H2,1-2H3,(H,20,21,22). The summed E-state index contributed by atoms with van der Waals surface area (Å²) in [4.78, 5) is 12.5. The van der Waals surface area contributed by atoms with Crippen molar-refractivity contribution in [3.05, 3.63) is 59.1 Å². The van der Waals surface area contributed by atoms with Gasteiger partial charge in [-0.15, -0.1) is 0 Å². The summed E-state index contributed by atoms with van der Waals surface area (Å²) in [5.41, 5.74) is 1.87. The van der Waals surface area contributed by atoms with E-state index in [-0.39, 0.29) is 23.0 Å². The second kappa shape index (κ2) is 8.21. The van der Waals surface area contributed by atoms with Gasteiger partial charge in [-0.3, -0.25) is 4.57 Å². The van der Waals surface area contributed by atoms with E-state index in [0.29, 0.717) is 11.6 Å². The summed E-state index contributed by atoms with van der Waals surface area (Å²) in [5, 5.41) is 2.78. The van der Waals surface area contributed by atoms with Crippen LogP contribution in [0.1, 0.15) is 11.4 Å². The van der Waals surface area contributed by atoms with Crippen LogP contribution in [0.4, 0.5) is 10.2 Å². The molecule has 3 aromatic rings. The molecule has 0 fully saturated rings. The molecule has 0 spiro atoms. The molecule has 8 nitrogen and oxygen atoms in total. The first kappa shape index (κ1) is 20.2. The van der Waals surface area contributed by atoms with Crippen molar-refractivity contribution in [1.82, 2.24) is 24.2 Å². The third-order valence-electron chi connectivity index (χ3n) is 4.08. The van der Waals surface area contributed by atoms with Crippen LogP contribution in [0, 0.1) is 19.7 Å². The SMILES string of the molecule is Cc1ncn(-c2cc(NCCNS(=O)(=O)c3ccc(F)c(Cl)c3)ncn2)c1C. The Morgan fingerprint density at radius 1 is 1.14 bits per heavy atom. The van der Waals surface area contributed by atoms with Crippen LogP contribution in [0.5, 0.6) is 0 Å². The Kier molecular flexibility index (Phi) is 5.92. The van der Waals surface area contributed by atoms with Crippen LogP contribution in [0.25, 0.3) is 5.82 Å². The van der Waals surface area contributed by atoms with Gasteiger partial charge in [-0.25, -0.2) is 32.5 Å². The van der Waals surface area contributed by atoms with Gasteiger partial charge in [0.2, 0.25) is 10.0 Å². The quantitative estimate of drug-likeness (QED) is 0.565. The van der Waals surface area contributed by atoms with Crippen LogP contribution in [0.2, 0.25) is 5.02 Å². The van der Waals surface area contributed by atoms with Crippen LogP contribution < -0.4 is 10.0 Å². The van der Waals surface area contributed by atoms with Gasteiger partial charge in [0.05, 0.1) is 15.6 Å². The van der Waals surface area contributed by atoms with Gasteiger partial charge in [0.1, 0.15) is 30.1 Å². The summed E-state index contributed by atoms with van der Waals surface area (Å²) in [7, 11) is -3.79. The molecule has 2 heterocycles. The lowest BCUT2D eigenvalue weighted by atomic mass is 10.3. The van der Waals surface area contributed by atoms with Gasteiger partial charge in [-0.2, -0.15) is 0 Å². The fourth-order valence-electron chi connectivity index (χ4n) is 2.41. The predicted molar refractivity (Wildman–Crippen MR) is 104 cm³/mol. The van der Waals surface area contributed by atoms with Crippen molar-refractivity contribution < 1.29 is 12.8 Å². The van der Waals surface area contributed by atoms with Crippen molar-refractivity contribution in [2.24, 2.45) is 0 Å². The average molecular weight is 425 g/mol. The minimum Gasteiger partial charge on any atom is -0.369 e. The molecular formula is C17H18ClFN6O2S. The first-order chi connectivity index (χ1) is 13.3. The van der Waals surface area contributed by atoms with Crippen molar-refractivity contribution in [1.29, 1.82) is 0 Å². The Hall–Kier alpha value is -2.56. The Morgan fingerprint density at radius 3 is 2.61 bits per heavy atom. The molecule has 0 aliphatic heterocycles. The molecule has 0 atom stereocenters. The van der Waals surface area contributed by atoms with E-state index >= 15 is 0 Å². The van der Waals surface area contributed by atoms with Gasteiger partial charge in [0, 0.05) is 24.8 Å². The van der Waals surface area contributed by atoms with Crippen LogP contribution in [0.3, 0.4) is 0 Å². The van der Waals surface area contributed by atoms with E-state index < -0.39 is 15.8 Å². The summed E-state index contributed by atoms with van der Waals surface area (Å²) in [6, 6.07) is 4.97. The van der Waals surface area contributed by atoms with Crippen LogP contribution >= 0.6 is 11.6 Å². The molecule has 3 rings (SSSR count). The lowest BCUT2D eigenvalue weighted by molar-refractivity contribution is 0.582. The topological polar surface area (TPSA) is 102 Å². The highest BCUT2D eigenvalue weighted by Gasteiger charge is 2.15. The van der Waals surface area contributed by atoms with Gasteiger partial charge < -0.3 is 5.32 Å². The number of halogens is 2. The number of hydrogen-bond donors (Lipinski definition) is 2. The Morgan fingerprint density at radius 2 is 1.93 bits per heavy atom. The van der Waals surface area contributed by atoms with E-state index in [0.717, 1.165) is 29.6 Å². The molecule has 148 valence electrons. The molecule has 0 bridgehead atoms. The van der Waals surface area contributed by atoms with Crippen LogP contribution in [-0.2, 0) is 10.0 Å². The zero-order chi connectivity index (χ0) is 20.3. The molecule has 0 aliphatic carbocycles. The highest BCUT2D eigenvalue weighted by Crippen LogP contribution is 2.19. The number of rotatable bonds is 7. The molecule has 0 saturated carbocycles. The van der Waals surface area contributed by atoms with Crippen molar-refractivity contribution in [3.8, 4) is 5.82 Å². The normalized spacial score (nSPS) is 11.6. The number of benzene rings is 1. The van der Waals surface area contributed by atoms with E-state index in [2.05, 4.69) is 25.0 Å². The third-order valence-corrected chi connectivity index (χ3v) is 5.82. The third kappa shape index (κ3) is 4.46. The van der Waals surface area contributed by atoms with E-state index in [1.165, 1.54) is 6.33 Å². The number of imidazole rings is 1. The zero-order valence-corrected chi connectivity index (χ0v) is 16.7. The maximum absolute atomic E-state index is 13.2. The molecule has 0 saturated heterocycles. The van der Waals surface area contributed by atoms with E-state index in [9.17, 15) is 12.8 Å². The Balaban J connectivity index is 1.60. The number of aromatic nitrogens is 4. The molecule has 1 aromatic carbocycles. The first-order valence-electron chi connectivity index (χ1n) is 8.29. The van der Waals surface area contributed by atoms with Crippen LogP contribution in [-0.4, -0.2) is 41.0 Å². The summed E-state index contributed by atoms with van der Waals surface area (Å²) >= 11 is 5.64. The summed E-state index contributed by atoms with van der Waals surface area (Å²) < 4.78 is 41.9. The van der Waals surface area contributed by atoms with E-state index in [4.69, 9.17) is 11.6 Å². The molecular weight excluding hydrogens is 407 g/mol. The fourth-order valence-corrected chi connectivity index (χ4v) is 3.71. The lowest BCUT2D eigenvalue weighted by Gasteiger charge is -2.10. The second-order valence-corrected chi connectivity index (χ2v) is 8.12. The van der Waals surface area contributed by atoms with Gasteiger partial charge in [0.15, 0.2) is 0 Å². The Bertz CT molecular complexity index is 1100. The average Bonchev–Trinajstić information content (AvgIpc) is 3.00. The molecule has 2 aromatic heterocycles. The number of anilines is 1. The smallest absolute Gasteiger partial charge is 0.240 e. The first-order valence-corrected chi connectivity index (χ1v) is 10.2. The predicted octanol–water partition coefficient (Wildman–Crippen LogP) is 2.46. The summed E-state index contributed by atoms with van der Waals surface area (Å²) in [6.45, 7) is 4.23. The number of sulfonamides is 1. The minimum atomic E-state index is -3.79. The Labute approximate surface area is 166 Å². The molecule has 0 radical (unpaired) electrons. The zero-order valence-electron chi connectivity index (χ0n) is 15.1. The molecule has 11 heteroatoms. The lowest BCUT2D eigenvalue weighted by Crippen LogP contribution is -2.29. The number of aryl methyl sites for hydroxylation is 1. The summed E-state index contributed by atoms with van der Waals surface area (Å²) in [5.74, 6) is 0.516. The van der Waals surface area contributed by atoms with E-state index in [1.54, 1.807) is 12.4 Å². The summed E-state index contributed by atoms with van der Waals surface area (Å²) in [6.07, 6.45) is 3.09. The fraction of sp³-hybridized carbons (Fsp3) is 0.235. The highest BCUT2D eigenvalue weighted by molar-refractivity contribution is 7.89. The maximum atomic E-state index is 13.2. The molecule has 0 amide bonds. The van der Waals surface area contributed by atoms with E-state index in [1.807, 2.05) is 18.4 Å². The van der Waals surface area contributed by atoms with Crippen LogP contribution in [0.15, 0.2) is 41.8 Å². The largest absolute Gasteiger partial charge is 0.369 e. The van der Waals surface area contributed by atoms with Gasteiger partial charge in [-0.05, 0) is 32.0 Å². The van der Waals surface area contributed by atoms with Gasteiger partial charge in [0.25, 0.3) is 0 Å². The van der Waals surface area contributed by atoms with Gasteiger partial charge >= 0.3 is 0 Å². The van der Waals surface area contributed by atoms with Gasteiger partial charge in [-0.1, -0.05) is 11.6 Å².